The maximum atomic E-state index is 11.1. The molecule has 2 aliphatic heterocycles. The molecule has 1 amide bonds. The number of benzene rings is 1. The van der Waals surface area contributed by atoms with Crippen molar-refractivity contribution >= 4 is 52.1 Å². The van der Waals surface area contributed by atoms with Gasteiger partial charge in [0.2, 0.25) is 5.91 Å². The molecule has 3 N–H and O–H groups in total. The van der Waals surface area contributed by atoms with E-state index in [1.165, 1.54) is 6.42 Å². The molecule has 0 spiro atoms. The highest BCUT2D eigenvalue weighted by Crippen LogP contribution is 2.31. The van der Waals surface area contributed by atoms with Gasteiger partial charge in [0.15, 0.2) is 5.82 Å². The fourth-order valence-electron chi connectivity index (χ4n) is 4.78. The fourth-order valence-corrected chi connectivity index (χ4v) is 5.50. The summed E-state index contributed by atoms with van der Waals surface area (Å²) in [6.07, 6.45) is 7.47. The molecular formula is C25H31Cl3N6O. The Morgan fingerprint density at radius 3 is 2.80 bits per heavy atom. The average molecular weight is 538 g/mol. The molecule has 35 heavy (non-hydrogen) atoms. The predicted molar refractivity (Wildman–Crippen MR) is 143 cm³/mol. The van der Waals surface area contributed by atoms with E-state index in [-0.39, 0.29) is 11.9 Å². The van der Waals surface area contributed by atoms with Gasteiger partial charge in [-0.2, -0.15) is 0 Å². The number of amides is 1. The third-order valence-corrected chi connectivity index (χ3v) is 7.56. The zero-order valence-corrected chi connectivity index (χ0v) is 22.1. The van der Waals surface area contributed by atoms with Gasteiger partial charge in [-0.15, -0.1) is 0 Å². The second-order valence-electron chi connectivity index (χ2n) is 9.21. The summed E-state index contributed by atoms with van der Waals surface area (Å²) in [7, 11) is 0. The van der Waals surface area contributed by atoms with Crippen molar-refractivity contribution in [2.45, 2.75) is 44.7 Å². The quantitative estimate of drug-likeness (QED) is 0.491. The maximum absolute atomic E-state index is 11.1. The van der Waals surface area contributed by atoms with E-state index in [1.807, 2.05) is 19.1 Å². The number of nitrogens with zero attached hydrogens (tertiary/aromatic N) is 4. The first kappa shape index (κ1) is 26.2. The van der Waals surface area contributed by atoms with Crippen LogP contribution >= 0.6 is 34.8 Å². The van der Waals surface area contributed by atoms with Gasteiger partial charge in [0.25, 0.3) is 0 Å². The molecule has 1 aromatic carbocycles. The van der Waals surface area contributed by atoms with Crippen molar-refractivity contribution in [1.82, 2.24) is 19.8 Å². The molecule has 3 heterocycles. The largest absolute Gasteiger partial charge is 0.370 e. The Bertz CT molecular complexity index is 1090. The Morgan fingerprint density at radius 2 is 2.09 bits per heavy atom. The van der Waals surface area contributed by atoms with Crippen molar-refractivity contribution < 1.29 is 4.79 Å². The number of carbonyl (C=O) groups excluding carboxylic acids is 1. The Kier molecular flexibility index (Phi) is 8.89. The summed E-state index contributed by atoms with van der Waals surface area (Å²) in [5.74, 6) is 1.04. The maximum Gasteiger partial charge on any atom is 0.218 e. The summed E-state index contributed by atoms with van der Waals surface area (Å²) in [5, 5.41) is 5.01. The SMILES string of the molecule is CC(Nc1nc(C2=CCN(C3CCCN(CCC(N)=O)C3)CC2)ncc1Cl)c1ccc(Cl)cc1Cl. The van der Waals surface area contributed by atoms with E-state index < -0.39 is 0 Å². The molecule has 0 radical (unpaired) electrons. The van der Waals surface area contributed by atoms with Crippen molar-refractivity contribution in [1.29, 1.82) is 0 Å². The first-order chi connectivity index (χ1) is 16.8. The normalized spacial score (nSPS) is 20.3. The number of halogens is 3. The first-order valence-electron chi connectivity index (χ1n) is 12.0. The van der Waals surface area contributed by atoms with Gasteiger partial charge < -0.3 is 16.0 Å². The second kappa shape index (κ2) is 11.9. The lowest BCUT2D eigenvalue weighted by molar-refractivity contribution is -0.118. The van der Waals surface area contributed by atoms with Crippen molar-refractivity contribution in [2.24, 2.45) is 5.73 Å². The molecule has 10 heteroatoms. The van der Waals surface area contributed by atoms with Crippen molar-refractivity contribution in [3.8, 4) is 0 Å². The van der Waals surface area contributed by atoms with E-state index in [1.54, 1.807) is 12.3 Å². The zero-order chi connectivity index (χ0) is 24.9. The highest BCUT2D eigenvalue weighted by molar-refractivity contribution is 6.35. The van der Waals surface area contributed by atoms with E-state index in [4.69, 9.17) is 45.5 Å². The van der Waals surface area contributed by atoms with Crippen LogP contribution in [-0.4, -0.2) is 64.4 Å². The van der Waals surface area contributed by atoms with Crippen LogP contribution in [0.1, 0.15) is 50.0 Å². The number of primary amides is 1. The number of nitrogens with one attached hydrogen (secondary N) is 1. The lowest BCUT2D eigenvalue weighted by Gasteiger charge is -2.40. The van der Waals surface area contributed by atoms with Crippen molar-refractivity contribution in [3.05, 3.63) is 56.9 Å². The van der Waals surface area contributed by atoms with Gasteiger partial charge >= 0.3 is 0 Å². The second-order valence-corrected chi connectivity index (χ2v) is 10.5. The number of rotatable bonds is 8. The van der Waals surface area contributed by atoms with Gasteiger partial charge in [0.1, 0.15) is 10.8 Å². The van der Waals surface area contributed by atoms with Gasteiger partial charge in [-0.3, -0.25) is 9.69 Å². The molecule has 0 saturated carbocycles. The highest BCUT2D eigenvalue weighted by Gasteiger charge is 2.27. The smallest absolute Gasteiger partial charge is 0.218 e. The summed E-state index contributed by atoms with van der Waals surface area (Å²) in [6.45, 7) is 6.57. The van der Waals surface area contributed by atoms with Gasteiger partial charge in [-0.1, -0.05) is 46.9 Å². The molecule has 2 atom stereocenters. The van der Waals surface area contributed by atoms with Crippen molar-refractivity contribution in [3.63, 3.8) is 0 Å². The fraction of sp³-hybridized carbons (Fsp3) is 0.480. The minimum Gasteiger partial charge on any atom is -0.370 e. The minimum atomic E-state index is -0.236. The van der Waals surface area contributed by atoms with E-state index >= 15 is 0 Å². The highest BCUT2D eigenvalue weighted by atomic mass is 35.5. The molecule has 1 aromatic heterocycles. The van der Waals surface area contributed by atoms with Crippen LogP contribution < -0.4 is 11.1 Å². The summed E-state index contributed by atoms with van der Waals surface area (Å²) in [5.41, 5.74) is 7.37. The Balaban J connectivity index is 1.40. The van der Waals surface area contributed by atoms with Gasteiger partial charge in [-0.05, 0) is 56.0 Å². The third-order valence-electron chi connectivity index (χ3n) is 6.73. The molecule has 2 aromatic rings. The summed E-state index contributed by atoms with van der Waals surface area (Å²) in [6, 6.07) is 5.82. The average Bonchev–Trinajstić information content (AvgIpc) is 2.84. The minimum absolute atomic E-state index is 0.111. The topological polar surface area (TPSA) is 87.4 Å². The predicted octanol–water partition coefficient (Wildman–Crippen LogP) is 5.04. The standard InChI is InChI=1S/C25H31Cl3N6O/c1-16(20-5-4-18(26)13-21(20)27)31-25-22(28)14-30-24(32-25)17-6-11-34(12-7-17)19-3-2-9-33(15-19)10-8-23(29)35/h4-6,13-14,16,19H,2-3,7-12,15H2,1H3,(H2,29,35)(H,30,31,32). The molecule has 1 fully saturated rings. The molecule has 2 aliphatic rings. The number of carbonyl (C=O) groups is 1. The Labute approximate surface area is 221 Å². The number of nitrogens with two attached hydrogens (primary N) is 1. The molecule has 0 bridgehead atoms. The van der Waals surface area contributed by atoms with E-state index in [2.05, 4.69) is 26.2 Å². The molecule has 4 rings (SSSR count). The summed E-state index contributed by atoms with van der Waals surface area (Å²) < 4.78 is 0. The number of hydrogen-bond donors (Lipinski definition) is 2. The van der Waals surface area contributed by atoms with E-state index in [0.717, 1.165) is 56.7 Å². The number of piperidine rings is 1. The molecule has 0 aliphatic carbocycles. The lowest BCUT2D eigenvalue weighted by atomic mass is 10.00. The van der Waals surface area contributed by atoms with Crippen LogP contribution in [0.3, 0.4) is 0 Å². The molecule has 1 saturated heterocycles. The van der Waals surface area contributed by atoms with Crippen LogP contribution in [0, 0.1) is 0 Å². The van der Waals surface area contributed by atoms with Crippen LogP contribution in [0.25, 0.3) is 5.57 Å². The monoisotopic (exact) mass is 536 g/mol. The van der Waals surface area contributed by atoms with Crippen LogP contribution in [-0.2, 0) is 4.79 Å². The summed E-state index contributed by atoms with van der Waals surface area (Å²) in [4.78, 5) is 25.2. The van der Waals surface area contributed by atoms with Crippen molar-refractivity contribution in [2.75, 3.05) is 38.0 Å². The van der Waals surface area contributed by atoms with Crippen LogP contribution in [0.15, 0.2) is 30.5 Å². The molecular weight excluding hydrogens is 507 g/mol. The van der Waals surface area contributed by atoms with Gasteiger partial charge in [0, 0.05) is 48.7 Å². The lowest BCUT2D eigenvalue weighted by Crippen LogP contribution is -2.49. The van der Waals surface area contributed by atoms with E-state index in [9.17, 15) is 4.79 Å². The van der Waals surface area contributed by atoms with Crippen LogP contribution in [0.4, 0.5) is 5.82 Å². The van der Waals surface area contributed by atoms with Crippen LogP contribution in [0.2, 0.25) is 15.1 Å². The van der Waals surface area contributed by atoms with Gasteiger partial charge in [0.05, 0.1) is 12.2 Å². The molecule has 188 valence electrons. The summed E-state index contributed by atoms with van der Waals surface area (Å²) >= 11 is 18.8. The number of anilines is 1. The third kappa shape index (κ3) is 6.86. The first-order valence-corrected chi connectivity index (χ1v) is 13.1. The molecule has 2 unspecified atom stereocenters. The number of hydrogen-bond acceptors (Lipinski definition) is 6. The zero-order valence-electron chi connectivity index (χ0n) is 19.8. The number of likely N-dealkylation sites (tertiary alicyclic amines) is 1. The van der Waals surface area contributed by atoms with Crippen LogP contribution in [0.5, 0.6) is 0 Å². The number of aromatic nitrogens is 2. The van der Waals surface area contributed by atoms with Gasteiger partial charge in [-0.25, -0.2) is 9.97 Å². The Hall–Kier alpha value is -1.90. The van der Waals surface area contributed by atoms with E-state index in [0.29, 0.717) is 39.2 Å². The molecule has 7 nitrogen and oxygen atoms in total. The Morgan fingerprint density at radius 1 is 1.26 bits per heavy atom.